The minimum atomic E-state index is 0.629. The molecule has 0 aliphatic heterocycles. The Hall–Kier alpha value is -2.76. The Kier molecular flexibility index (Phi) is 3.59. The van der Waals surface area contributed by atoms with E-state index in [1.54, 1.807) is 6.20 Å². The maximum atomic E-state index is 4.38. The van der Waals surface area contributed by atoms with Gasteiger partial charge in [-0.25, -0.2) is 15.0 Å². The zero-order chi connectivity index (χ0) is 14.7. The SMILES string of the molecule is Cc1nccc(CNc2ccccc2-c2n[nH]c(C)n2)n1. The number of hydrogen-bond donors (Lipinski definition) is 2. The fourth-order valence-electron chi connectivity index (χ4n) is 2.08. The smallest absolute Gasteiger partial charge is 0.183 e. The molecule has 0 bridgehead atoms. The van der Waals surface area contributed by atoms with Crippen molar-refractivity contribution in [1.82, 2.24) is 25.1 Å². The number of aryl methyl sites for hydroxylation is 2. The van der Waals surface area contributed by atoms with Gasteiger partial charge in [-0.1, -0.05) is 12.1 Å². The van der Waals surface area contributed by atoms with Gasteiger partial charge in [-0.05, 0) is 32.0 Å². The first-order valence-electron chi connectivity index (χ1n) is 6.73. The third kappa shape index (κ3) is 3.05. The number of nitrogens with zero attached hydrogens (tertiary/aromatic N) is 4. The third-order valence-corrected chi connectivity index (χ3v) is 3.06. The standard InChI is InChI=1S/C15H16N6/c1-10-16-8-7-12(18-10)9-17-14-6-4-3-5-13(14)15-19-11(2)20-21-15/h3-8,17H,9H2,1-2H3,(H,19,20,21). The molecular weight excluding hydrogens is 264 g/mol. The highest BCUT2D eigenvalue weighted by Crippen LogP contribution is 2.25. The quantitative estimate of drug-likeness (QED) is 0.767. The maximum Gasteiger partial charge on any atom is 0.183 e. The Morgan fingerprint density at radius 3 is 2.71 bits per heavy atom. The first-order chi connectivity index (χ1) is 10.2. The molecule has 3 aromatic rings. The van der Waals surface area contributed by atoms with Gasteiger partial charge in [0.15, 0.2) is 5.82 Å². The predicted molar refractivity (Wildman–Crippen MR) is 80.7 cm³/mol. The van der Waals surface area contributed by atoms with Crippen molar-refractivity contribution in [2.45, 2.75) is 20.4 Å². The number of anilines is 1. The van der Waals surface area contributed by atoms with E-state index < -0.39 is 0 Å². The van der Waals surface area contributed by atoms with E-state index in [0.717, 1.165) is 28.6 Å². The van der Waals surface area contributed by atoms with E-state index >= 15 is 0 Å². The molecule has 0 amide bonds. The summed E-state index contributed by atoms with van der Waals surface area (Å²) in [5.41, 5.74) is 2.89. The number of aromatic nitrogens is 5. The molecule has 2 heterocycles. The van der Waals surface area contributed by atoms with Gasteiger partial charge in [-0.15, -0.1) is 0 Å². The molecule has 0 fully saturated rings. The lowest BCUT2D eigenvalue weighted by Crippen LogP contribution is -2.04. The van der Waals surface area contributed by atoms with Gasteiger partial charge in [0, 0.05) is 17.4 Å². The van der Waals surface area contributed by atoms with Crippen molar-refractivity contribution in [2.75, 3.05) is 5.32 Å². The van der Waals surface area contributed by atoms with Crippen molar-refractivity contribution >= 4 is 5.69 Å². The van der Waals surface area contributed by atoms with Crippen molar-refractivity contribution in [3.05, 3.63) is 53.9 Å². The molecule has 2 N–H and O–H groups in total. The number of benzene rings is 1. The molecule has 2 aromatic heterocycles. The molecule has 0 saturated heterocycles. The Bertz CT molecular complexity index is 749. The van der Waals surface area contributed by atoms with Crippen LogP contribution >= 0.6 is 0 Å². The molecule has 0 atom stereocenters. The van der Waals surface area contributed by atoms with Gasteiger partial charge in [0.1, 0.15) is 11.6 Å². The fraction of sp³-hybridized carbons (Fsp3) is 0.200. The van der Waals surface area contributed by atoms with Crippen molar-refractivity contribution in [1.29, 1.82) is 0 Å². The van der Waals surface area contributed by atoms with Crippen LogP contribution in [0.3, 0.4) is 0 Å². The second kappa shape index (κ2) is 5.70. The Labute approximate surface area is 122 Å². The summed E-state index contributed by atoms with van der Waals surface area (Å²) in [5.74, 6) is 2.26. The molecule has 6 nitrogen and oxygen atoms in total. The molecule has 0 unspecified atom stereocenters. The van der Waals surface area contributed by atoms with Crippen LogP contribution in [-0.2, 0) is 6.54 Å². The molecule has 21 heavy (non-hydrogen) atoms. The highest BCUT2D eigenvalue weighted by atomic mass is 15.2. The Morgan fingerprint density at radius 2 is 1.95 bits per heavy atom. The largest absolute Gasteiger partial charge is 0.379 e. The molecular formula is C15H16N6. The van der Waals surface area contributed by atoms with Crippen molar-refractivity contribution < 1.29 is 0 Å². The summed E-state index contributed by atoms with van der Waals surface area (Å²) < 4.78 is 0. The van der Waals surface area contributed by atoms with Crippen LogP contribution in [0.1, 0.15) is 17.3 Å². The number of hydrogen-bond acceptors (Lipinski definition) is 5. The van der Waals surface area contributed by atoms with E-state index in [0.29, 0.717) is 12.4 Å². The van der Waals surface area contributed by atoms with E-state index in [1.807, 2.05) is 44.2 Å². The molecule has 6 heteroatoms. The molecule has 0 saturated carbocycles. The van der Waals surface area contributed by atoms with E-state index in [9.17, 15) is 0 Å². The molecule has 0 aliphatic rings. The van der Waals surface area contributed by atoms with Crippen LogP contribution in [0.25, 0.3) is 11.4 Å². The van der Waals surface area contributed by atoms with Crippen LogP contribution in [-0.4, -0.2) is 25.1 Å². The van der Waals surface area contributed by atoms with Crippen molar-refractivity contribution in [2.24, 2.45) is 0 Å². The van der Waals surface area contributed by atoms with Gasteiger partial charge < -0.3 is 5.32 Å². The van der Waals surface area contributed by atoms with E-state index in [-0.39, 0.29) is 0 Å². The summed E-state index contributed by atoms with van der Waals surface area (Å²) in [6, 6.07) is 9.86. The average Bonchev–Trinajstić information content (AvgIpc) is 2.92. The van der Waals surface area contributed by atoms with Crippen LogP contribution in [0.4, 0.5) is 5.69 Å². The Morgan fingerprint density at radius 1 is 1.10 bits per heavy atom. The van der Waals surface area contributed by atoms with Gasteiger partial charge in [0.05, 0.1) is 12.2 Å². The van der Waals surface area contributed by atoms with Crippen molar-refractivity contribution in [3.8, 4) is 11.4 Å². The summed E-state index contributed by atoms with van der Waals surface area (Å²) in [4.78, 5) is 12.9. The molecule has 0 radical (unpaired) electrons. The van der Waals surface area contributed by atoms with E-state index in [1.165, 1.54) is 0 Å². The monoisotopic (exact) mass is 280 g/mol. The van der Waals surface area contributed by atoms with Gasteiger partial charge in [-0.2, -0.15) is 5.10 Å². The zero-order valence-electron chi connectivity index (χ0n) is 12.0. The highest BCUT2D eigenvalue weighted by molar-refractivity contribution is 5.73. The van der Waals surface area contributed by atoms with Crippen LogP contribution in [0.2, 0.25) is 0 Å². The zero-order valence-corrected chi connectivity index (χ0v) is 12.0. The minimum Gasteiger partial charge on any atom is -0.379 e. The molecule has 106 valence electrons. The lowest BCUT2D eigenvalue weighted by atomic mass is 10.1. The highest BCUT2D eigenvalue weighted by Gasteiger charge is 2.09. The van der Waals surface area contributed by atoms with Crippen LogP contribution in [0.5, 0.6) is 0 Å². The number of rotatable bonds is 4. The average molecular weight is 280 g/mol. The predicted octanol–water partition coefficient (Wildman–Crippen LogP) is 2.49. The lowest BCUT2D eigenvalue weighted by molar-refractivity contribution is 0.955. The van der Waals surface area contributed by atoms with Crippen LogP contribution in [0.15, 0.2) is 36.5 Å². The first-order valence-corrected chi connectivity index (χ1v) is 6.73. The number of para-hydroxylation sites is 1. The third-order valence-electron chi connectivity index (χ3n) is 3.06. The van der Waals surface area contributed by atoms with Crippen LogP contribution in [0, 0.1) is 13.8 Å². The van der Waals surface area contributed by atoms with Crippen molar-refractivity contribution in [3.63, 3.8) is 0 Å². The molecule has 0 spiro atoms. The summed E-state index contributed by atoms with van der Waals surface area (Å²) in [6.45, 7) is 4.40. The van der Waals surface area contributed by atoms with Gasteiger partial charge in [-0.3, -0.25) is 5.10 Å². The first kappa shape index (κ1) is 13.2. The van der Waals surface area contributed by atoms with Gasteiger partial charge >= 0.3 is 0 Å². The molecule has 3 rings (SSSR count). The second-order valence-corrected chi connectivity index (χ2v) is 4.74. The number of H-pyrrole nitrogens is 1. The van der Waals surface area contributed by atoms with Gasteiger partial charge in [0.2, 0.25) is 0 Å². The summed E-state index contributed by atoms with van der Waals surface area (Å²) >= 11 is 0. The normalized spacial score (nSPS) is 10.6. The topological polar surface area (TPSA) is 79.4 Å². The fourth-order valence-corrected chi connectivity index (χ4v) is 2.08. The second-order valence-electron chi connectivity index (χ2n) is 4.74. The number of aromatic amines is 1. The molecule has 1 aromatic carbocycles. The molecule has 0 aliphatic carbocycles. The summed E-state index contributed by atoms with van der Waals surface area (Å²) in [7, 11) is 0. The summed E-state index contributed by atoms with van der Waals surface area (Å²) in [5, 5.41) is 10.5. The summed E-state index contributed by atoms with van der Waals surface area (Å²) in [6.07, 6.45) is 1.77. The van der Waals surface area contributed by atoms with E-state index in [2.05, 4.69) is 30.5 Å². The minimum absolute atomic E-state index is 0.629. The Balaban J connectivity index is 1.83. The number of nitrogens with one attached hydrogen (secondary N) is 2. The van der Waals surface area contributed by atoms with E-state index in [4.69, 9.17) is 0 Å². The van der Waals surface area contributed by atoms with Crippen LogP contribution < -0.4 is 5.32 Å². The maximum absolute atomic E-state index is 4.38. The van der Waals surface area contributed by atoms with Gasteiger partial charge in [0.25, 0.3) is 0 Å². The lowest BCUT2D eigenvalue weighted by Gasteiger charge is -2.09.